The average Bonchev–Trinajstić information content (AvgIpc) is 3.02. The van der Waals surface area contributed by atoms with Gasteiger partial charge in [0.2, 0.25) is 32.3 Å². The van der Waals surface area contributed by atoms with E-state index in [0.717, 1.165) is 0 Å². The summed E-state index contributed by atoms with van der Waals surface area (Å²) >= 11 is 0. The van der Waals surface area contributed by atoms with Gasteiger partial charge in [0.25, 0.3) is 0 Å². The smallest absolute Gasteiger partial charge is 0.131 e. The SMILES string of the molecule is CC(C)[Si]1(C(C)C)C#C[Si](C(C)C)(C(C)C)C#C[Si](C(C)C)(C(C)C)C#C[Si](C(C)C)(C(C)C)/C=C\[Si](C(C)C)(C(C)C)C#C[Si](C(C)C)(C(C)C)C#C1. The Bertz CT molecular complexity index is 1440. The molecular weight excluding hydrogens is 745 g/mol. The molecule has 0 bridgehead atoms. The molecule has 302 valence electrons. The Morgan fingerprint density at radius 1 is 0.204 bits per heavy atom. The summed E-state index contributed by atoms with van der Waals surface area (Å²) in [5.41, 5.74) is 53.3. The van der Waals surface area contributed by atoms with Gasteiger partial charge in [-0.1, -0.05) is 178 Å². The van der Waals surface area contributed by atoms with E-state index < -0.39 is 48.4 Å². The Kier molecular flexibility index (Phi) is 18.4. The van der Waals surface area contributed by atoms with Crippen molar-refractivity contribution in [1.82, 2.24) is 0 Å². The van der Waals surface area contributed by atoms with Gasteiger partial charge in [0.15, 0.2) is 16.1 Å². The molecule has 0 spiro atoms. The zero-order valence-corrected chi connectivity index (χ0v) is 46.1. The van der Waals surface area contributed by atoms with Crippen molar-refractivity contribution in [3.8, 4) is 55.4 Å². The van der Waals surface area contributed by atoms with E-state index in [2.05, 4.69) is 233 Å². The molecule has 0 aromatic carbocycles. The molecule has 0 nitrogen and oxygen atoms in total. The quantitative estimate of drug-likeness (QED) is 0.136. The first-order valence-corrected chi connectivity index (χ1v) is 35.1. The molecule has 0 aromatic heterocycles. The van der Waals surface area contributed by atoms with Gasteiger partial charge in [0, 0.05) is 0 Å². The lowest BCUT2D eigenvalue weighted by atomic mass is 10.5. The second-order valence-corrected chi connectivity index (χ2v) is 48.5. The largest absolute Gasteiger partial charge is 0.220 e. The zero-order chi connectivity index (χ0) is 42.4. The lowest BCUT2D eigenvalue weighted by Gasteiger charge is -2.37. The predicted octanol–water partition coefficient (Wildman–Crippen LogP) is 14.7. The van der Waals surface area contributed by atoms with Crippen molar-refractivity contribution in [3.05, 3.63) is 11.4 Å². The van der Waals surface area contributed by atoms with E-state index >= 15 is 0 Å². The van der Waals surface area contributed by atoms with Crippen LogP contribution in [0.15, 0.2) is 11.4 Å². The average molecular weight is 832 g/mol. The molecule has 1 aliphatic heterocycles. The Balaban J connectivity index is 5.12. The van der Waals surface area contributed by atoms with Gasteiger partial charge in [-0.25, -0.2) is 0 Å². The molecule has 1 heterocycles. The Hall–Kier alpha value is -1.16. The minimum Gasteiger partial charge on any atom is -0.131 e. The number of rotatable bonds is 12. The van der Waals surface area contributed by atoms with Gasteiger partial charge in [-0.2, -0.15) is 0 Å². The third-order valence-electron chi connectivity index (χ3n) is 14.1. The van der Waals surface area contributed by atoms with Gasteiger partial charge in [-0.15, -0.1) is 55.4 Å². The maximum absolute atomic E-state index is 4.29. The second-order valence-electron chi connectivity index (χ2n) is 20.8. The van der Waals surface area contributed by atoms with E-state index in [-0.39, 0.29) is 0 Å². The fourth-order valence-electron chi connectivity index (χ4n) is 9.18. The molecule has 0 amide bonds. The van der Waals surface area contributed by atoms with Crippen molar-refractivity contribution in [1.29, 1.82) is 0 Å². The molecule has 0 fully saturated rings. The molecule has 0 atom stereocenters. The minimum atomic E-state index is -2.45. The molecule has 0 aliphatic carbocycles. The lowest BCUT2D eigenvalue weighted by molar-refractivity contribution is 0.921. The summed E-state index contributed by atoms with van der Waals surface area (Å²) in [5, 5.41) is 0. The molecule has 1 rings (SSSR count). The monoisotopic (exact) mass is 831 g/mol. The summed E-state index contributed by atoms with van der Waals surface area (Å²) in [6.07, 6.45) is 0. The van der Waals surface area contributed by atoms with Crippen LogP contribution in [0.25, 0.3) is 0 Å². The maximum Gasteiger partial charge on any atom is 0.220 e. The van der Waals surface area contributed by atoms with Crippen LogP contribution in [0.1, 0.15) is 166 Å². The molecular formula is C48H86Si6. The van der Waals surface area contributed by atoms with Crippen LogP contribution >= 0.6 is 0 Å². The van der Waals surface area contributed by atoms with Crippen LogP contribution in [0.4, 0.5) is 0 Å². The highest BCUT2D eigenvalue weighted by Gasteiger charge is 2.47. The van der Waals surface area contributed by atoms with Gasteiger partial charge in [0.1, 0.15) is 0 Å². The van der Waals surface area contributed by atoms with Crippen molar-refractivity contribution >= 4 is 48.4 Å². The van der Waals surface area contributed by atoms with Gasteiger partial charge >= 0.3 is 0 Å². The van der Waals surface area contributed by atoms with Crippen molar-refractivity contribution < 1.29 is 0 Å². The van der Waals surface area contributed by atoms with E-state index in [0.29, 0.717) is 66.5 Å². The number of hydrogen-bond donors (Lipinski definition) is 0. The highest BCUT2D eigenvalue weighted by atomic mass is 28.3. The van der Waals surface area contributed by atoms with E-state index in [1.54, 1.807) is 0 Å². The molecule has 54 heavy (non-hydrogen) atoms. The van der Waals surface area contributed by atoms with E-state index in [1.807, 2.05) is 0 Å². The first-order chi connectivity index (χ1) is 24.6. The van der Waals surface area contributed by atoms with Crippen LogP contribution in [0.5, 0.6) is 0 Å². The molecule has 0 saturated heterocycles. The fourth-order valence-corrected chi connectivity index (χ4v) is 35.5. The highest BCUT2D eigenvalue weighted by molar-refractivity contribution is 7.06. The van der Waals surface area contributed by atoms with Crippen LogP contribution in [0.3, 0.4) is 0 Å². The molecule has 1 aliphatic rings. The Morgan fingerprint density at radius 3 is 0.444 bits per heavy atom. The van der Waals surface area contributed by atoms with Gasteiger partial charge in [0.05, 0.1) is 0 Å². The van der Waals surface area contributed by atoms with Crippen LogP contribution in [0, 0.1) is 55.4 Å². The van der Waals surface area contributed by atoms with E-state index in [4.69, 9.17) is 0 Å². The normalized spacial score (nSPS) is 20.7. The summed E-state index contributed by atoms with van der Waals surface area (Å²) in [6, 6.07) is 0. The standard InChI is InChI=1S/C48H86Si6/c1-37(2)49(38(3)4)25-27-50(39(5)6,40(7)8)29-31-52(43(13)14,44(15)16)33-35-54(47(21)22,48(23)24)36-34-53(45(17)18,46(19)20)32-30-51(28-26-49,41(9)10)42(11)12/h25,27,37-48H,1-24H3/b27-25-. The van der Waals surface area contributed by atoms with Gasteiger partial charge < -0.3 is 0 Å². The van der Waals surface area contributed by atoms with Crippen molar-refractivity contribution in [2.45, 2.75) is 233 Å². The zero-order valence-electron chi connectivity index (χ0n) is 40.1. The van der Waals surface area contributed by atoms with E-state index in [1.165, 1.54) is 0 Å². The van der Waals surface area contributed by atoms with Gasteiger partial charge in [-0.3, -0.25) is 0 Å². The summed E-state index contributed by atoms with van der Waals surface area (Å²) in [5.74, 6) is 0. The summed E-state index contributed by atoms with van der Waals surface area (Å²) in [4.78, 5) is 0. The van der Waals surface area contributed by atoms with Crippen molar-refractivity contribution in [3.63, 3.8) is 0 Å². The predicted molar refractivity (Wildman–Crippen MR) is 264 cm³/mol. The molecule has 0 saturated carbocycles. The topological polar surface area (TPSA) is 0 Å². The van der Waals surface area contributed by atoms with E-state index in [9.17, 15) is 0 Å². The second kappa shape index (κ2) is 19.5. The molecule has 0 unspecified atom stereocenters. The Labute approximate surface area is 345 Å². The van der Waals surface area contributed by atoms with Crippen LogP contribution in [-0.4, -0.2) is 48.4 Å². The highest BCUT2D eigenvalue weighted by Crippen LogP contribution is 2.41. The fraction of sp³-hybridized carbons (Fsp3) is 0.750. The van der Waals surface area contributed by atoms with Crippen LogP contribution < -0.4 is 0 Å². The molecule has 0 N–H and O–H groups in total. The summed E-state index contributed by atoms with van der Waals surface area (Å²) < 4.78 is 0. The maximum atomic E-state index is 4.29. The third-order valence-corrected chi connectivity index (χ3v) is 44.8. The Morgan fingerprint density at radius 2 is 0.333 bits per heavy atom. The van der Waals surface area contributed by atoms with Crippen molar-refractivity contribution in [2.24, 2.45) is 0 Å². The summed E-state index contributed by atoms with van der Waals surface area (Å²) in [6.45, 7) is 58.2. The third kappa shape index (κ3) is 9.92. The van der Waals surface area contributed by atoms with Gasteiger partial charge in [-0.05, 0) is 66.5 Å². The molecule has 0 radical (unpaired) electrons. The molecule has 0 aromatic rings. The first-order valence-electron chi connectivity index (χ1n) is 22.0. The molecule has 6 heteroatoms. The number of hydrogen-bond acceptors (Lipinski definition) is 0. The summed E-state index contributed by atoms with van der Waals surface area (Å²) in [7, 11) is -14.3. The van der Waals surface area contributed by atoms with Crippen LogP contribution in [-0.2, 0) is 0 Å². The first kappa shape index (κ1) is 50.9. The lowest BCUT2D eigenvalue weighted by Crippen LogP contribution is -2.47. The minimum absolute atomic E-state index is 0.416. The van der Waals surface area contributed by atoms with Crippen LogP contribution in [0.2, 0.25) is 66.5 Å². The van der Waals surface area contributed by atoms with Crippen molar-refractivity contribution in [2.75, 3.05) is 0 Å².